The Morgan fingerprint density at radius 2 is 1.93 bits per heavy atom. The second-order valence-corrected chi connectivity index (χ2v) is 9.10. The molecule has 5 rings (SSSR count). The fourth-order valence-corrected chi connectivity index (χ4v) is 4.81. The molecule has 0 unspecified atom stereocenters. The molecule has 0 N–H and O–H groups in total. The van der Waals surface area contributed by atoms with Crippen molar-refractivity contribution in [2.75, 3.05) is 13.4 Å². The van der Waals surface area contributed by atoms with E-state index in [4.69, 9.17) is 14.6 Å². The van der Waals surface area contributed by atoms with Crippen LogP contribution < -0.4 is 9.47 Å². The minimum absolute atomic E-state index is 0.123. The number of benzene rings is 3. The minimum atomic E-state index is -0.261. The summed E-state index contributed by atoms with van der Waals surface area (Å²) >= 11 is 5.35. The Morgan fingerprint density at radius 1 is 1.10 bits per heavy atom. The molecular formula is C24H21BrN2O2S. The fourth-order valence-electron chi connectivity index (χ4n) is 4.02. The molecule has 0 fully saturated rings. The molecular weight excluding hydrogens is 460 g/mol. The zero-order valence-corrected chi connectivity index (χ0v) is 19.1. The Kier molecular flexibility index (Phi) is 5.21. The van der Waals surface area contributed by atoms with Crippen molar-refractivity contribution in [1.29, 1.82) is 0 Å². The number of hydrazone groups is 1. The molecule has 0 saturated carbocycles. The lowest BCUT2D eigenvalue weighted by Gasteiger charge is -2.38. The van der Waals surface area contributed by atoms with Crippen LogP contribution in [0.2, 0.25) is 0 Å². The summed E-state index contributed by atoms with van der Waals surface area (Å²) in [5.74, 6) is 1.75. The minimum Gasteiger partial charge on any atom is -0.497 e. The van der Waals surface area contributed by atoms with Gasteiger partial charge in [0.2, 0.25) is 6.23 Å². The number of nitrogens with zero attached hydrogens (tertiary/aromatic N) is 2. The summed E-state index contributed by atoms with van der Waals surface area (Å²) in [6.45, 7) is 0. The van der Waals surface area contributed by atoms with Crippen molar-refractivity contribution in [2.45, 2.75) is 23.6 Å². The molecule has 30 heavy (non-hydrogen) atoms. The summed E-state index contributed by atoms with van der Waals surface area (Å²) in [6, 6.07) is 23.0. The van der Waals surface area contributed by atoms with Gasteiger partial charge in [-0.15, -0.1) is 11.8 Å². The van der Waals surface area contributed by atoms with Gasteiger partial charge in [-0.2, -0.15) is 5.10 Å². The SMILES string of the molecule is COc1cccc(C2=NN3[C@H](C2)c2cc(Br)ccc2O[C@H]3c2ccc(SC)cc2)c1. The van der Waals surface area contributed by atoms with Gasteiger partial charge in [0, 0.05) is 32.5 Å². The molecule has 0 aliphatic carbocycles. The molecule has 4 nitrogen and oxygen atoms in total. The van der Waals surface area contributed by atoms with Gasteiger partial charge in [0.1, 0.15) is 11.5 Å². The van der Waals surface area contributed by atoms with Crippen LogP contribution in [0.4, 0.5) is 0 Å². The van der Waals surface area contributed by atoms with Crippen LogP contribution in [0.3, 0.4) is 0 Å². The molecule has 0 radical (unpaired) electrons. The van der Waals surface area contributed by atoms with E-state index in [1.165, 1.54) is 4.90 Å². The van der Waals surface area contributed by atoms with Crippen molar-refractivity contribution in [2.24, 2.45) is 5.10 Å². The van der Waals surface area contributed by atoms with E-state index in [-0.39, 0.29) is 12.3 Å². The van der Waals surface area contributed by atoms with Crippen LogP contribution in [-0.4, -0.2) is 24.1 Å². The van der Waals surface area contributed by atoms with Crippen molar-refractivity contribution in [3.63, 3.8) is 0 Å². The standard InChI is InChI=1S/C24H21BrN2O2S/c1-28-18-5-3-4-16(12-18)21-14-22-20-13-17(25)8-11-23(20)29-24(27(22)26-21)15-6-9-19(30-2)10-7-15/h3-13,22,24H,14H2,1-2H3/t22-,24+/m1/s1. The number of hydrogen-bond acceptors (Lipinski definition) is 5. The van der Waals surface area contributed by atoms with Gasteiger partial charge in [-0.05, 0) is 48.7 Å². The number of hydrogen-bond donors (Lipinski definition) is 0. The molecule has 0 saturated heterocycles. The second kappa shape index (κ2) is 8.00. The summed E-state index contributed by atoms with van der Waals surface area (Å²) in [4.78, 5) is 1.23. The van der Waals surface area contributed by atoms with Crippen molar-refractivity contribution >= 4 is 33.4 Å². The van der Waals surface area contributed by atoms with E-state index in [1.807, 2.05) is 30.3 Å². The Morgan fingerprint density at radius 3 is 2.70 bits per heavy atom. The fraction of sp³-hybridized carbons (Fsp3) is 0.208. The quantitative estimate of drug-likeness (QED) is 0.403. The summed E-state index contributed by atoms with van der Waals surface area (Å²) in [5.41, 5.74) is 4.38. The van der Waals surface area contributed by atoms with Gasteiger partial charge in [0.25, 0.3) is 0 Å². The van der Waals surface area contributed by atoms with E-state index < -0.39 is 0 Å². The topological polar surface area (TPSA) is 34.1 Å². The molecule has 2 aliphatic rings. The third kappa shape index (κ3) is 3.48. The summed E-state index contributed by atoms with van der Waals surface area (Å²) in [7, 11) is 1.69. The highest BCUT2D eigenvalue weighted by atomic mass is 79.9. The summed E-state index contributed by atoms with van der Waals surface area (Å²) in [5, 5.41) is 7.14. The molecule has 6 heteroatoms. The van der Waals surface area contributed by atoms with Crippen LogP contribution in [0.25, 0.3) is 0 Å². The molecule has 3 aromatic carbocycles. The van der Waals surface area contributed by atoms with Crippen molar-refractivity contribution in [3.05, 3.63) is 87.9 Å². The van der Waals surface area contributed by atoms with Gasteiger partial charge in [-0.25, -0.2) is 5.01 Å². The van der Waals surface area contributed by atoms with Crippen molar-refractivity contribution in [1.82, 2.24) is 5.01 Å². The first-order chi connectivity index (χ1) is 14.7. The van der Waals surface area contributed by atoms with E-state index in [2.05, 4.69) is 63.6 Å². The number of thioether (sulfide) groups is 1. The highest BCUT2D eigenvalue weighted by Crippen LogP contribution is 2.48. The Labute approximate surface area is 189 Å². The highest BCUT2D eigenvalue weighted by Gasteiger charge is 2.41. The van der Waals surface area contributed by atoms with Crippen molar-refractivity contribution in [3.8, 4) is 11.5 Å². The van der Waals surface area contributed by atoms with Gasteiger partial charge in [-0.1, -0.05) is 40.2 Å². The van der Waals surface area contributed by atoms with Crippen LogP contribution >= 0.6 is 27.7 Å². The van der Waals surface area contributed by atoms with Gasteiger partial charge in [0.05, 0.1) is 18.9 Å². The first-order valence-corrected chi connectivity index (χ1v) is 11.8. The second-order valence-electron chi connectivity index (χ2n) is 7.30. The number of fused-ring (bicyclic) bond motifs is 3. The lowest BCUT2D eigenvalue weighted by Crippen LogP contribution is -2.33. The molecule has 3 aromatic rings. The number of halogens is 1. The van der Waals surface area contributed by atoms with Gasteiger partial charge >= 0.3 is 0 Å². The monoisotopic (exact) mass is 480 g/mol. The summed E-state index contributed by atoms with van der Waals surface area (Å²) < 4.78 is 12.9. The number of rotatable bonds is 4. The number of ether oxygens (including phenoxy) is 2. The third-order valence-corrected chi connectivity index (χ3v) is 6.79. The first-order valence-electron chi connectivity index (χ1n) is 9.76. The van der Waals surface area contributed by atoms with Crippen LogP contribution in [-0.2, 0) is 0 Å². The Balaban J connectivity index is 1.58. The van der Waals surface area contributed by atoms with Gasteiger partial charge in [0.15, 0.2) is 0 Å². The smallest absolute Gasteiger partial charge is 0.213 e. The molecule has 2 atom stereocenters. The molecule has 0 amide bonds. The van der Waals surface area contributed by atoms with Crippen LogP contribution in [0.1, 0.15) is 35.4 Å². The van der Waals surface area contributed by atoms with E-state index >= 15 is 0 Å². The molecule has 0 spiro atoms. The predicted molar refractivity (Wildman–Crippen MR) is 124 cm³/mol. The van der Waals surface area contributed by atoms with Crippen LogP contribution in [0, 0.1) is 0 Å². The maximum Gasteiger partial charge on any atom is 0.213 e. The third-order valence-electron chi connectivity index (χ3n) is 5.56. The lowest BCUT2D eigenvalue weighted by atomic mass is 9.96. The first kappa shape index (κ1) is 19.5. The maximum atomic E-state index is 6.46. The van der Waals surface area contributed by atoms with E-state index in [9.17, 15) is 0 Å². The van der Waals surface area contributed by atoms with E-state index in [0.29, 0.717) is 0 Å². The zero-order chi connectivity index (χ0) is 20.7. The average molecular weight is 481 g/mol. The maximum absolute atomic E-state index is 6.46. The Hall–Kier alpha value is -2.44. The van der Waals surface area contributed by atoms with Gasteiger partial charge < -0.3 is 9.47 Å². The highest BCUT2D eigenvalue weighted by molar-refractivity contribution is 9.10. The van der Waals surface area contributed by atoms with E-state index in [1.54, 1.807) is 18.9 Å². The predicted octanol–water partition coefficient (Wildman–Crippen LogP) is 6.42. The normalized spacial score (nSPS) is 19.6. The molecule has 152 valence electrons. The molecule has 0 bridgehead atoms. The van der Waals surface area contributed by atoms with Crippen molar-refractivity contribution < 1.29 is 9.47 Å². The van der Waals surface area contributed by atoms with Gasteiger partial charge in [-0.3, -0.25) is 0 Å². The number of methoxy groups -OCH3 is 1. The molecule has 2 aliphatic heterocycles. The van der Waals surface area contributed by atoms with E-state index in [0.717, 1.165) is 44.8 Å². The summed E-state index contributed by atoms with van der Waals surface area (Å²) in [6.07, 6.45) is 2.64. The van der Waals surface area contributed by atoms with Crippen LogP contribution in [0.15, 0.2) is 81.2 Å². The van der Waals surface area contributed by atoms with Crippen LogP contribution in [0.5, 0.6) is 11.5 Å². The molecule has 2 heterocycles. The zero-order valence-electron chi connectivity index (χ0n) is 16.7. The largest absolute Gasteiger partial charge is 0.497 e. The Bertz CT molecular complexity index is 1120. The average Bonchev–Trinajstić information content (AvgIpc) is 3.25. The lowest BCUT2D eigenvalue weighted by molar-refractivity contribution is -0.0191. The molecule has 0 aromatic heterocycles.